The predicted molar refractivity (Wildman–Crippen MR) is 97.1 cm³/mol. The molecule has 2 aromatic carbocycles. The highest BCUT2D eigenvalue weighted by Crippen LogP contribution is 2.31. The lowest BCUT2D eigenvalue weighted by atomic mass is 9.96. The third-order valence-electron chi connectivity index (χ3n) is 4.42. The molecule has 0 radical (unpaired) electrons. The number of nitrogens with one attached hydrogen (secondary N) is 2. The van der Waals surface area contributed by atoms with Gasteiger partial charge in [-0.2, -0.15) is 13.2 Å². The summed E-state index contributed by atoms with van der Waals surface area (Å²) in [4.78, 5) is 24.2. The molecule has 2 aromatic rings. The number of hydrogen-bond donors (Lipinski definition) is 2. The van der Waals surface area contributed by atoms with Crippen LogP contribution in [0.15, 0.2) is 48.5 Å². The average Bonchev–Trinajstić information content (AvgIpc) is 2.71. The largest absolute Gasteiger partial charge is 0.485 e. The van der Waals surface area contributed by atoms with Crippen molar-refractivity contribution in [2.75, 3.05) is 6.61 Å². The van der Waals surface area contributed by atoms with Gasteiger partial charge in [0.2, 0.25) is 12.0 Å². The van der Waals surface area contributed by atoms with Crippen molar-refractivity contribution in [3.63, 3.8) is 0 Å². The highest BCUT2D eigenvalue weighted by Gasteiger charge is 2.30. The molecule has 2 unspecified atom stereocenters. The molecule has 2 atom stereocenters. The van der Waals surface area contributed by atoms with Crippen LogP contribution in [0.3, 0.4) is 0 Å². The molecule has 1 heterocycles. The lowest BCUT2D eigenvalue weighted by Crippen LogP contribution is -2.51. The minimum absolute atomic E-state index is 0.000669. The number of fused-ring (bicyclic) bond motifs is 1. The number of ether oxygens (including phenoxy) is 2. The van der Waals surface area contributed by atoms with Crippen LogP contribution in [-0.2, 0) is 15.8 Å². The van der Waals surface area contributed by atoms with Crippen LogP contribution < -0.4 is 20.3 Å². The molecule has 6 nitrogen and oxygen atoms in total. The van der Waals surface area contributed by atoms with Crippen molar-refractivity contribution >= 4 is 11.8 Å². The van der Waals surface area contributed by atoms with Gasteiger partial charge in [-0.25, -0.2) is 0 Å². The van der Waals surface area contributed by atoms with Crippen molar-refractivity contribution < 1.29 is 32.2 Å². The predicted octanol–water partition coefficient (Wildman–Crippen LogP) is 3.19. The van der Waals surface area contributed by atoms with Gasteiger partial charge in [0.25, 0.3) is 5.91 Å². The SMILES string of the molecule is CC(CC(=O)NNC(=O)C1COc2ccccc2O1)c1ccc(C(F)(F)F)cc1. The number of alkyl halides is 3. The van der Waals surface area contributed by atoms with Gasteiger partial charge >= 0.3 is 6.18 Å². The van der Waals surface area contributed by atoms with Gasteiger partial charge in [-0.1, -0.05) is 31.2 Å². The van der Waals surface area contributed by atoms with Crippen molar-refractivity contribution in [2.24, 2.45) is 0 Å². The lowest BCUT2D eigenvalue weighted by Gasteiger charge is -2.25. The Balaban J connectivity index is 1.48. The van der Waals surface area contributed by atoms with Crippen molar-refractivity contribution in [2.45, 2.75) is 31.5 Å². The summed E-state index contributed by atoms with van der Waals surface area (Å²) in [6.45, 7) is 1.71. The van der Waals surface area contributed by atoms with E-state index in [0.29, 0.717) is 17.1 Å². The van der Waals surface area contributed by atoms with Gasteiger partial charge in [0.05, 0.1) is 5.56 Å². The molecule has 2 N–H and O–H groups in total. The summed E-state index contributed by atoms with van der Waals surface area (Å²) in [5, 5.41) is 0. The zero-order valence-electron chi connectivity index (χ0n) is 15.5. The second-order valence-corrected chi connectivity index (χ2v) is 6.63. The Hall–Kier alpha value is -3.23. The van der Waals surface area contributed by atoms with Gasteiger partial charge in [0.1, 0.15) is 6.61 Å². The Labute approximate surface area is 165 Å². The van der Waals surface area contributed by atoms with Crippen LogP contribution >= 0.6 is 0 Å². The van der Waals surface area contributed by atoms with Crippen molar-refractivity contribution in [3.05, 3.63) is 59.7 Å². The van der Waals surface area contributed by atoms with E-state index < -0.39 is 29.7 Å². The van der Waals surface area contributed by atoms with Crippen molar-refractivity contribution in [1.82, 2.24) is 10.9 Å². The Morgan fingerprint density at radius 1 is 1.07 bits per heavy atom. The number of para-hydroxylation sites is 2. The highest BCUT2D eigenvalue weighted by atomic mass is 19.4. The topological polar surface area (TPSA) is 76.7 Å². The van der Waals surface area contributed by atoms with Crippen LogP contribution in [-0.4, -0.2) is 24.5 Å². The fourth-order valence-corrected chi connectivity index (χ4v) is 2.81. The molecule has 1 aliphatic heterocycles. The molecule has 1 aliphatic rings. The molecule has 0 spiro atoms. The third kappa shape index (κ3) is 5.18. The van der Waals surface area contributed by atoms with E-state index in [2.05, 4.69) is 10.9 Å². The van der Waals surface area contributed by atoms with E-state index in [4.69, 9.17) is 9.47 Å². The molecule has 0 saturated carbocycles. The van der Waals surface area contributed by atoms with Crippen molar-refractivity contribution in [3.8, 4) is 11.5 Å². The molecule has 154 valence electrons. The van der Waals surface area contributed by atoms with E-state index in [1.54, 1.807) is 31.2 Å². The average molecular weight is 408 g/mol. The smallest absolute Gasteiger partial charge is 0.416 e. The summed E-state index contributed by atoms with van der Waals surface area (Å²) in [7, 11) is 0. The summed E-state index contributed by atoms with van der Waals surface area (Å²) in [6, 6.07) is 11.5. The minimum Gasteiger partial charge on any atom is -0.485 e. The van der Waals surface area contributed by atoms with E-state index in [0.717, 1.165) is 12.1 Å². The maximum absolute atomic E-state index is 12.6. The van der Waals surface area contributed by atoms with E-state index in [1.165, 1.54) is 12.1 Å². The number of amides is 2. The Morgan fingerprint density at radius 2 is 1.72 bits per heavy atom. The fourth-order valence-electron chi connectivity index (χ4n) is 2.81. The van der Waals surface area contributed by atoms with Crippen LogP contribution in [0.4, 0.5) is 13.2 Å². The molecule has 9 heteroatoms. The summed E-state index contributed by atoms with van der Waals surface area (Å²) in [6.07, 6.45) is -5.34. The lowest BCUT2D eigenvalue weighted by molar-refractivity contribution is -0.137. The van der Waals surface area contributed by atoms with Gasteiger partial charge < -0.3 is 9.47 Å². The number of carbonyl (C=O) groups is 2. The molecule has 0 aromatic heterocycles. The van der Waals surface area contributed by atoms with E-state index in [9.17, 15) is 22.8 Å². The summed E-state index contributed by atoms with van der Waals surface area (Å²) in [5.41, 5.74) is 4.40. The first-order chi connectivity index (χ1) is 13.7. The molecule has 29 heavy (non-hydrogen) atoms. The molecular formula is C20H19F3N2O4. The van der Waals surface area contributed by atoms with E-state index in [-0.39, 0.29) is 18.9 Å². The highest BCUT2D eigenvalue weighted by molar-refractivity contribution is 5.85. The molecule has 0 saturated heterocycles. The zero-order chi connectivity index (χ0) is 21.0. The van der Waals surface area contributed by atoms with Gasteiger partial charge in [-0.05, 0) is 35.7 Å². The van der Waals surface area contributed by atoms with Crippen LogP contribution in [0.5, 0.6) is 11.5 Å². The third-order valence-corrected chi connectivity index (χ3v) is 4.42. The summed E-state index contributed by atoms with van der Waals surface area (Å²) >= 11 is 0. The number of benzene rings is 2. The monoisotopic (exact) mass is 408 g/mol. The Bertz CT molecular complexity index is 884. The molecular weight excluding hydrogens is 389 g/mol. The van der Waals surface area contributed by atoms with Crippen LogP contribution in [0, 0.1) is 0 Å². The standard InChI is InChI=1S/C20H19F3N2O4/c1-12(13-6-8-14(9-7-13)20(21,22)23)10-18(26)24-25-19(27)17-11-28-15-4-2-3-5-16(15)29-17/h2-9,12,17H,10-11H2,1H3,(H,24,26)(H,25,27). The molecule has 2 amide bonds. The normalized spacial score (nSPS) is 16.6. The summed E-state index contributed by atoms with van der Waals surface area (Å²) in [5.74, 6) is -0.430. The van der Waals surface area contributed by atoms with E-state index >= 15 is 0 Å². The second-order valence-electron chi connectivity index (χ2n) is 6.63. The van der Waals surface area contributed by atoms with Crippen LogP contribution in [0.2, 0.25) is 0 Å². The van der Waals surface area contributed by atoms with Crippen LogP contribution in [0.25, 0.3) is 0 Å². The number of hydrogen-bond acceptors (Lipinski definition) is 4. The number of rotatable bonds is 4. The Morgan fingerprint density at radius 3 is 2.38 bits per heavy atom. The molecule has 0 bridgehead atoms. The van der Waals surface area contributed by atoms with Gasteiger partial charge in [-0.15, -0.1) is 0 Å². The Kier molecular flexibility index (Phi) is 5.95. The van der Waals surface area contributed by atoms with Gasteiger partial charge in [-0.3, -0.25) is 20.4 Å². The van der Waals surface area contributed by atoms with Crippen LogP contribution in [0.1, 0.15) is 30.4 Å². The van der Waals surface area contributed by atoms with Gasteiger partial charge in [0.15, 0.2) is 11.5 Å². The maximum atomic E-state index is 12.6. The zero-order valence-corrected chi connectivity index (χ0v) is 15.5. The first kappa shape index (κ1) is 20.5. The number of carbonyl (C=O) groups excluding carboxylic acids is 2. The quantitative estimate of drug-likeness (QED) is 0.762. The van der Waals surface area contributed by atoms with Crippen molar-refractivity contribution in [1.29, 1.82) is 0 Å². The molecule has 0 aliphatic carbocycles. The first-order valence-corrected chi connectivity index (χ1v) is 8.88. The molecule has 3 rings (SSSR count). The maximum Gasteiger partial charge on any atom is 0.416 e. The minimum atomic E-state index is -4.41. The van der Waals surface area contributed by atoms with Gasteiger partial charge in [0, 0.05) is 6.42 Å². The number of hydrazine groups is 1. The first-order valence-electron chi connectivity index (χ1n) is 8.88. The van der Waals surface area contributed by atoms with E-state index in [1.807, 2.05) is 0 Å². The molecule has 0 fully saturated rings. The number of halogens is 3. The fraction of sp³-hybridized carbons (Fsp3) is 0.300. The summed E-state index contributed by atoms with van der Waals surface area (Å²) < 4.78 is 48.8. The second kappa shape index (κ2) is 8.42.